The van der Waals surface area contributed by atoms with Crippen molar-refractivity contribution in [3.63, 3.8) is 0 Å². The molecule has 2 unspecified atom stereocenters. The average molecular weight is 355 g/mol. The molecule has 0 saturated heterocycles. The number of nitrogens with one attached hydrogen (secondary N) is 1. The van der Waals surface area contributed by atoms with Crippen LogP contribution in [0.15, 0.2) is 30.3 Å². The monoisotopic (exact) mass is 354 g/mol. The first-order valence-electron chi connectivity index (χ1n) is 8.80. The fourth-order valence-corrected chi connectivity index (χ4v) is 3.44. The minimum atomic E-state index is -0.207. The molecule has 2 atom stereocenters. The molecule has 0 radical (unpaired) electrons. The molecule has 4 nitrogen and oxygen atoms in total. The normalized spacial score (nSPS) is 17.6. The van der Waals surface area contributed by atoms with Gasteiger partial charge in [0, 0.05) is 13.7 Å². The molecule has 0 bridgehead atoms. The van der Waals surface area contributed by atoms with E-state index >= 15 is 0 Å². The number of benzene rings is 1. The van der Waals surface area contributed by atoms with Gasteiger partial charge in [-0.3, -0.25) is 4.79 Å². The van der Waals surface area contributed by atoms with Crippen LogP contribution >= 0.6 is 12.4 Å². The van der Waals surface area contributed by atoms with E-state index in [4.69, 9.17) is 10.5 Å². The Labute approximate surface area is 151 Å². The molecule has 3 N–H and O–H groups in total. The average Bonchev–Trinajstić information content (AvgIpc) is 2.60. The Bertz CT molecular complexity index is 460. The van der Waals surface area contributed by atoms with Crippen LogP contribution in [-0.4, -0.2) is 25.7 Å². The molecule has 1 aromatic carbocycles. The van der Waals surface area contributed by atoms with E-state index in [1.165, 1.54) is 37.7 Å². The van der Waals surface area contributed by atoms with Crippen LogP contribution in [0.25, 0.3) is 0 Å². The van der Waals surface area contributed by atoms with E-state index in [2.05, 4.69) is 17.4 Å². The Morgan fingerprint density at radius 2 is 1.92 bits per heavy atom. The maximum absolute atomic E-state index is 12.3. The number of carbonyl (C=O) groups excluding carboxylic acids is 1. The summed E-state index contributed by atoms with van der Waals surface area (Å²) in [5.74, 6) is 0.731. The van der Waals surface area contributed by atoms with Crippen molar-refractivity contribution in [2.24, 2.45) is 11.7 Å². The second kappa shape index (κ2) is 11.5. The van der Waals surface area contributed by atoms with Gasteiger partial charge < -0.3 is 15.8 Å². The third-order valence-electron chi connectivity index (χ3n) is 4.84. The molecule has 1 aromatic rings. The van der Waals surface area contributed by atoms with Crippen molar-refractivity contribution in [2.45, 2.75) is 57.1 Å². The van der Waals surface area contributed by atoms with Crippen molar-refractivity contribution >= 4 is 18.3 Å². The third-order valence-corrected chi connectivity index (χ3v) is 4.84. The SMILES string of the molecule is COC(CN)CC(=O)NC(CC1CCCCC1)c1ccccc1.Cl. The van der Waals surface area contributed by atoms with E-state index in [1.54, 1.807) is 7.11 Å². The molecule has 1 fully saturated rings. The highest BCUT2D eigenvalue weighted by atomic mass is 35.5. The van der Waals surface area contributed by atoms with Crippen molar-refractivity contribution in [1.29, 1.82) is 0 Å². The van der Waals surface area contributed by atoms with Crippen molar-refractivity contribution in [3.05, 3.63) is 35.9 Å². The molecule has 5 heteroatoms. The minimum Gasteiger partial charge on any atom is -0.380 e. The number of amides is 1. The van der Waals surface area contributed by atoms with Crippen LogP contribution < -0.4 is 11.1 Å². The van der Waals surface area contributed by atoms with Gasteiger partial charge in [0.25, 0.3) is 0 Å². The number of rotatable bonds is 8. The zero-order chi connectivity index (χ0) is 16.5. The molecule has 1 aliphatic rings. The van der Waals surface area contributed by atoms with Gasteiger partial charge in [-0.15, -0.1) is 12.4 Å². The standard InChI is InChI=1S/C19H30N2O2.ClH/c1-23-17(14-20)13-19(22)21-18(16-10-6-3-7-11-16)12-15-8-4-2-5-9-15;/h3,6-7,10-11,15,17-18H,2,4-5,8-9,12-14,20H2,1H3,(H,21,22);1H. The van der Waals surface area contributed by atoms with Crippen molar-refractivity contribution < 1.29 is 9.53 Å². The summed E-state index contributed by atoms with van der Waals surface area (Å²) in [6, 6.07) is 10.4. The summed E-state index contributed by atoms with van der Waals surface area (Å²) in [7, 11) is 1.60. The largest absolute Gasteiger partial charge is 0.380 e. The van der Waals surface area contributed by atoms with Gasteiger partial charge in [0.05, 0.1) is 18.6 Å². The van der Waals surface area contributed by atoms with Crippen LogP contribution in [0.5, 0.6) is 0 Å². The highest BCUT2D eigenvalue weighted by Gasteiger charge is 2.22. The van der Waals surface area contributed by atoms with Gasteiger partial charge in [0.1, 0.15) is 0 Å². The van der Waals surface area contributed by atoms with Crippen LogP contribution in [0, 0.1) is 5.92 Å². The van der Waals surface area contributed by atoms with E-state index in [9.17, 15) is 4.79 Å². The summed E-state index contributed by atoms with van der Waals surface area (Å²) in [5, 5.41) is 3.21. The number of carbonyl (C=O) groups is 1. The Kier molecular flexibility index (Phi) is 9.99. The molecule has 0 aromatic heterocycles. The fourth-order valence-electron chi connectivity index (χ4n) is 3.44. The van der Waals surface area contributed by atoms with Gasteiger partial charge in [-0.1, -0.05) is 62.4 Å². The van der Waals surface area contributed by atoms with Gasteiger partial charge in [0.15, 0.2) is 0 Å². The molecule has 1 amide bonds. The van der Waals surface area contributed by atoms with Gasteiger partial charge in [-0.25, -0.2) is 0 Å². The van der Waals surface area contributed by atoms with Crippen LogP contribution in [-0.2, 0) is 9.53 Å². The van der Waals surface area contributed by atoms with Crippen molar-refractivity contribution in [3.8, 4) is 0 Å². The lowest BCUT2D eigenvalue weighted by Gasteiger charge is -2.28. The lowest BCUT2D eigenvalue weighted by atomic mass is 9.83. The molecule has 1 aliphatic carbocycles. The quantitative estimate of drug-likeness (QED) is 0.749. The van der Waals surface area contributed by atoms with E-state index in [0.29, 0.717) is 18.9 Å². The molecular weight excluding hydrogens is 324 g/mol. The lowest BCUT2D eigenvalue weighted by molar-refractivity contribution is -0.124. The molecule has 0 spiro atoms. The third kappa shape index (κ3) is 6.80. The fraction of sp³-hybridized carbons (Fsp3) is 0.632. The molecule has 1 saturated carbocycles. The van der Waals surface area contributed by atoms with Crippen LogP contribution in [0.2, 0.25) is 0 Å². The smallest absolute Gasteiger partial charge is 0.223 e. The molecule has 2 rings (SSSR count). The molecule has 24 heavy (non-hydrogen) atoms. The zero-order valence-corrected chi connectivity index (χ0v) is 15.4. The summed E-state index contributed by atoms with van der Waals surface area (Å²) < 4.78 is 5.22. The summed E-state index contributed by atoms with van der Waals surface area (Å²) in [5.41, 5.74) is 6.81. The second-order valence-electron chi connectivity index (χ2n) is 6.57. The van der Waals surface area contributed by atoms with Crippen molar-refractivity contribution in [1.82, 2.24) is 5.32 Å². The topological polar surface area (TPSA) is 64.3 Å². The van der Waals surface area contributed by atoms with E-state index in [1.807, 2.05) is 18.2 Å². The first-order chi connectivity index (χ1) is 11.2. The summed E-state index contributed by atoms with van der Waals surface area (Å²) in [6.07, 6.45) is 7.69. The van der Waals surface area contributed by atoms with Gasteiger partial charge >= 0.3 is 0 Å². The molecular formula is C19H31ClN2O2. The zero-order valence-electron chi connectivity index (χ0n) is 14.6. The number of halogens is 1. The van der Waals surface area contributed by atoms with E-state index < -0.39 is 0 Å². The van der Waals surface area contributed by atoms with E-state index in [0.717, 1.165) is 6.42 Å². The first-order valence-corrected chi connectivity index (χ1v) is 8.80. The van der Waals surface area contributed by atoms with Crippen LogP contribution in [0.1, 0.15) is 56.6 Å². The number of ether oxygens (including phenoxy) is 1. The predicted molar refractivity (Wildman–Crippen MR) is 100 cm³/mol. The Hall–Kier alpha value is -1.10. The Morgan fingerprint density at radius 3 is 2.50 bits per heavy atom. The summed E-state index contributed by atoms with van der Waals surface area (Å²) >= 11 is 0. The van der Waals surface area contributed by atoms with Crippen LogP contribution in [0.3, 0.4) is 0 Å². The van der Waals surface area contributed by atoms with Gasteiger partial charge in [0.2, 0.25) is 5.91 Å². The highest BCUT2D eigenvalue weighted by Crippen LogP contribution is 2.32. The summed E-state index contributed by atoms with van der Waals surface area (Å²) in [4.78, 5) is 12.3. The molecule has 136 valence electrons. The highest BCUT2D eigenvalue weighted by molar-refractivity contribution is 5.85. The molecule has 0 heterocycles. The maximum atomic E-state index is 12.3. The maximum Gasteiger partial charge on any atom is 0.223 e. The van der Waals surface area contributed by atoms with Crippen LogP contribution in [0.4, 0.5) is 0 Å². The number of hydrogen-bond acceptors (Lipinski definition) is 3. The Morgan fingerprint density at radius 1 is 1.25 bits per heavy atom. The molecule has 0 aliphatic heterocycles. The minimum absolute atomic E-state index is 0. The number of nitrogens with two attached hydrogens (primary N) is 1. The lowest BCUT2D eigenvalue weighted by Crippen LogP contribution is -2.35. The number of methoxy groups -OCH3 is 1. The number of hydrogen-bond donors (Lipinski definition) is 2. The first kappa shape index (κ1) is 20.9. The van der Waals surface area contributed by atoms with Gasteiger partial charge in [-0.2, -0.15) is 0 Å². The predicted octanol–water partition coefficient (Wildman–Crippen LogP) is 3.60. The summed E-state index contributed by atoms with van der Waals surface area (Å²) in [6.45, 7) is 0.364. The van der Waals surface area contributed by atoms with Crippen molar-refractivity contribution in [2.75, 3.05) is 13.7 Å². The second-order valence-corrected chi connectivity index (χ2v) is 6.57. The Balaban J connectivity index is 0.00000288. The van der Waals surface area contributed by atoms with E-state index in [-0.39, 0.29) is 30.5 Å². The van der Waals surface area contributed by atoms with Gasteiger partial charge in [-0.05, 0) is 17.9 Å².